The quantitative estimate of drug-likeness (QED) is 0.167. The van der Waals surface area contributed by atoms with Gasteiger partial charge in [-0.15, -0.1) is 11.3 Å². The smallest absolute Gasteiger partial charge is 0.156 e. The van der Waals surface area contributed by atoms with E-state index in [4.69, 9.17) is 4.74 Å². The van der Waals surface area contributed by atoms with Gasteiger partial charge in [-0.25, -0.2) is 0 Å². The first-order chi connectivity index (χ1) is 29.3. The Bertz CT molecular complexity index is 3170. The molecule has 10 aromatic rings. The number of rotatable bonds is 6. The molecule has 59 heavy (non-hydrogen) atoms. The van der Waals surface area contributed by atoms with E-state index >= 15 is 0 Å². The zero-order chi connectivity index (χ0) is 38.9. The standard InChI is InChI=1S/C55H36N2OS/c1-4-18-37(19-5-1)56(38-20-6-2-7-21-38)48-30-16-28-46-53(48)43-25-10-12-26-44(43)55(46)45-27-13-14-32-50(45)58-54-47(55)29-17-31-49(54)57(39-22-8-3-9-23-39)40-34-35-42-41-24-11-15-33-51(41)59-52(42)36-40/h1-36H. The fourth-order valence-corrected chi connectivity index (χ4v) is 10.9. The molecule has 1 unspecified atom stereocenters. The number of fused-ring (bicyclic) bond motifs is 12. The van der Waals surface area contributed by atoms with Crippen molar-refractivity contribution in [2.24, 2.45) is 0 Å². The zero-order valence-corrected chi connectivity index (χ0v) is 32.8. The van der Waals surface area contributed by atoms with Gasteiger partial charge in [0.15, 0.2) is 5.75 Å². The molecule has 0 saturated carbocycles. The van der Waals surface area contributed by atoms with Gasteiger partial charge >= 0.3 is 0 Å². The summed E-state index contributed by atoms with van der Waals surface area (Å²) in [4.78, 5) is 4.77. The van der Waals surface area contributed by atoms with Gasteiger partial charge in [-0.3, -0.25) is 0 Å². The highest BCUT2D eigenvalue weighted by atomic mass is 32.1. The van der Waals surface area contributed by atoms with Gasteiger partial charge in [0.25, 0.3) is 0 Å². The van der Waals surface area contributed by atoms with Crippen LogP contribution in [-0.4, -0.2) is 0 Å². The highest BCUT2D eigenvalue weighted by molar-refractivity contribution is 7.25. The minimum Gasteiger partial charge on any atom is -0.454 e. The molecule has 0 radical (unpaired) electrons. The third-order valence-corrected chi connectivity index (χ3v) is 13.2. The molecule has 0 fully saturated rings. The summed E-state index contributed by atoms with van der Waals surface area (Å²) in [6, 6.07) is 78.9. The van der Waals surface area contributed by atoms with Crippen LogP contribution in [0.4, 0.5) is 34.1 Å². The van der Waals surface area contributed by atoms with E-state index in [0.29, 0.717) is 0 Å². The Labute approximate surface area is 347 Å². The highest BCUT2D eigenvalue weighted by Crippen LogP contribution is 2.65. The van der Waals surface area contributed by atoms with Gasteiger partial charge in [-0.05, 0) is 89.5 Å². The van der Waals surface area contributed by atoms with Gasteiger partial charge in [0.1, 0.15) is 5.75 Å². The molecular weight excluding hydrogens is 737 g/mol. The van der Waals surface area contributed by atoms with E-state index in [-0.39, 0.29) is 0 Å². The second kappa shape index (κ2) is 13.3. The summed E-state index contributed by atoms with van der Waals surface area (Å²) in [5.74, 6) is 1.71. The number of anilines is 6. The maximum absolute atomic E-state index is 7.25. The monoisotopic (exact) mass is 772 g/mol. The van der Waals surface area contributed by atoms with Gasteiger partial charge in [0.2, 0.25) is 0 Å². The Kier molecular flexibility index (Phi) is 7.62. The van der Waals surface area contributed by atoms with Crippen molar-refractivity contribution in [2.75, 3.05) is 9.80 Å². The third kappa shape index (κ3) is 5.00. The van der Waals surface area contributed by atoms with Crippen molar-refractivity contribution < 1.29 is 4.74 Å². The first-order valence-electron chi connectivity index (χ1n) is 20.1. The van der Waals surface area contributed by atoms with Crippen LogP contribution >= 0.6 is 11.3 Å². The maximum Gasteiger partial charge on any atom is 0.156 e. The van der Waals surface area contributed by atoms with E-state index in [9.17, 15) is 0 Å². The Morgan fingerprint density at radius 3 is 1.64 bits per heavy atom. The number of thiophene rings is 1. The van der Waals surface area contributed by atoms with Crippen LogP contribution in [0.15, 0.2) is 218 Å². The van der Waals surface area contributed by atoms with E-state index in [2.05, 4.69) is 228 Å². The molecule has 2 heterocycles. The minimum absolute atomic E-state index is 0.668. The summed E-state index contributed by atoms with van der Waals surface area (Å²) in [5, 5.41) is 2.57. The molecule has 2 aliphatic rings. The van der Waals surface area contributed by atoms with Crippen LogP contribution in [0.3, 0.4) is 0 Å². The van der Waals surface area contributed by atoms with E-state index < -0.39 is 5.41 Å². The molecule has 1 spiro atoms. The van der Waals surface area contributed by atoms with Gasteiger partial charge in [0.05, 0.1) is 16.8 Å². The van der Waals surface area contributed by atoms with Crippen LogP contribution in [-0.2, 0) is 5.41 Å². The summed E-state index contributed by atoms with van der Waals surface area (Å²) in [7, 11) is 0. The van der Waals surface area contributed by atoms with Crippen LogP contribution in [0, 0.1) is 0 Å². The van der Waals surface area contributed by atoms with Crippen molar-refractivity contribution in [2.45, 2.75) is 5.41 Å². The second-order valence-electron chi connectivity index (χ2n) is 15.2. The zero-order valence-electron chi connectivity index (χ0n) is 32.0. The van der Waals surface area contributed by atoms with E-state index in [1.807, 2.05) is 11.3 Å². The molecule has 9 aromatic carbocycles. The molecule has 12 rings (SSSR count). The average Bonchev–Trinajstić information content (AvgIpc) is 3.82. The highest BCUT2D eigenvalue weighted by Gasteiger charge is 2.52. The first-order valence-corrected chi connectivity index (χ1v) is 20.9. The molecule has 0 amide bonds. The van der Waals surface area contributed by atoms with E-state index in [0.717, 1.165) is 56.8 Å². The molecule has 1 aliphatic carbocycles. The number of hydrogen-bond donors (Lipinski definition) is 0. The fourth-order valence-electron chi connectivity index (χ4n) is 9.74. The van der Waals surface area contributed by atoms with Crippen LogP contribution in [0.25, 0.3) is 31.3 Å². The second-order valence-corrected chi connectivity index (χ2v) is 16.3. The number of ether oxygens (including phenoxy) is 1. The largest absolute Gasteiger partial charge is 0.454 e. The Morgan fingerprint density at radius 2 is 0.915 bits per heavy atom. The molecule has 4 heteroatoms. The summed E-state index contributed by atoms with van der Waals surface area (Å²) < 4.78 is 9.80. The van der Waals surface area contributed by atoms with Gasteiger partial charge in [-0.1, -0.05) is 146 Å². The van der Waals surface area contributed by atoms with Gasteiger partial charge in [-0.2, -0.15) is 0 Å². The van der Waals surface area contributed by atoms with Crippen molar-refractivity contribution in [3.63, 3.8) is 0 Å². The number of nitrogens with zero attached hydrogens (tertiary/aromatic N) is 2. The van der Waals surface area contributed by atoms with Crippen molar-refractivity contribution >= 4 is 65.6 Å². The Morgan fingerprint density at radius 1 is 0.373 bits per heavy atom. The summed E-state index contributed by atoms with van der Waals surface area (Å²) in [5.41, 5.74) is 13.0. The normalized spacial score (nSPS) is 14.6. The van der Waals surface area contributed by atoms with Gasteiger partial charge in [0, 0.05) is 59.6 Å². The molecule has 3 nitrogen and oxygen atoms in total. The molecule has 0 saturated heterocycles. The number of benzene rings is 9. The van der Waals surface area contributed by atoms with Crippen molar-refractivity contribution in [1.29, 1.82) is 0 Å². The summed E-state index contributed by atoms with van der Waals surface area (Å²) in [6.45, 7) is 0. The Balaban J connectivity index is 1.14. The maximum atomic E-state index is 7.25. The van der Waals surface area contributed by atoms with Crippen molar-refractivity contribution in [3.05, 3.63) is 241 Å². The fraction of sp³-hybridized carbons (Fsp3) is 0.0182. The topological polar surface area (TPSA) is 15.7 Å². The predicted octanol–water partition coefficient (Wildman–Crippen LogP) is 15.5. The molecule has 0 N–H and O–H groups in total. The van der Waals surface area contributed by atoms with Crippen LogP contribution < -0.4 is 14.5 Å². The van der Waals surface area contributed by atoms with Crippen molar-refractivity contribution in [1.82, 2.24) is 0 Å². The molecule has 1 atom stereocenters. The number of para-hydroxylation sites is 5. The third-order valence-electron chi connectivity index (χ3n) is 12.1. The summed E-state index contributed by atoms with van der Waals surface area (Å²) in [6.07, 6.45) is 0. The van der Waals surface area contributed by atoms with Crippen LogP contribution in [0.1, 0.15) is 22.3 Å². The van der Waals surface area contributed by atoms with Crippen molar-refractivity contribution in [3.8, 4) is 22.6 Å². The lowest BCUT2D eigenvalue weighted by Crippen LogP contribution is -2.32. The van der Waals surface area contributed by atoms with Crippen LogP contribution in [0.2, 0.25) is 0 Å². The minimum atomic E-state index is -0.668. The average molecular weight is 773 g/mol. The number of hydrogen-bond acceptors (Lipinski definition) is 4. The summed E-state index contributed by atoms with van der Waals surface area (Å²) >= 11 is 1.84. The Hall–Kier alpha value is -7.40. The lowest BCUT2D eigenvalue weighted by Gasteiger charge is -2.41. The van der Waals surface area contributed by atoms with E-state index in [1.165, 1.54) is 42.4 Å². The predicted molar refractivity (Wildman–Crippen MR) is 246 cm³/mol. The molecule has 1 aliphatic heterocycles. The van der Waals surface area contributed by atoms with Crippen LogP contribution in [0.5, 0.6) is 11.5 Å². The lowest BCUT2D eigenvalue weighted by atomic mass is 9.66. The SMILES string of the molecule is c1ccc(N(c2ccc3c(c2)sc2ccccc23)c2cccc3c2Oc2ccccc2C32c3ccccc3-c3c(N(c4ccccc4)c4ccccc4)cccc32)cc1. The van der Waals surface area contributed by atoms with Gasteiger partial charge < -0.3 is 14.5 Å². The lowest BCUT2D eigenvalue weighted by molar-refractivity contribution is 0.437. The molecule has 278 valence electrons. The first kappa shape index (κ1) is 33.7. The molecule has 0 bridgehead atoms. The van der Waals surface area contributed by atoms with E-state index in [1.54, 1.807) is 0 Å². The molecule has 1 aromatic heterocycles. The molecular formula is C55H36N2OS.